The number of halogens is 1. The van der Waals surface area contributed by atoms with Crippen LogP contribution < -0.4 is 5.32 Å². The molecule has 0 atom stereocenters. The molecule has 0 bridgehead atoms. The average Bonchev–Trinajstić information content (AvgIpc) is 2.46. The third-order valence-electron chi connectivity index (χ3n) is 2.93. The molecule has 21 heavy (non-hydrogen) atoms. The summed E-state index contributed by atoms with van der Waals surface area (Å²) in [6.45, 7) is 9.28. The molecule has 0 unspecified atom stereocenters. The number of hydrogen-bond acceptors (Lipinski definition) is 3. The molecule has 0 rings (SSSR count). The Balaban J connectivity index is 0. The smallest absolute Gasteiger partial charge is 0.193 e. The molecule has 5 nitrogen and oxygen atoms in total. The van der Waals surface area contributed by atoms with Crippen LogP contribution in [0.4, 0.5) is 0 Å². The topological polar surface area (TPSA) is 46.1 Å². The Morgan fingerprint density at radius 2 is 1.86 bits per heavy atom. The van der Waals surface area contributed by atoms with Gasteiger partial charge in [-0.2, -0.15) is 0 Å². The van der Waals surface area contributed by atoms with Gasteiger partial charge in [0, 0.05) is 40.4 Å². The van der Waals surface area contributed by atoms with E-state index in [1.165, 1.54) is 12.8 Å². The highest BCUT2D eigenvalue weighted by molar-refractivity contribution is 14.0. The summed E-state index contributed by atoms with van der Waals surface area (Å²) in [5.74, 6) is 1.02. The molecule has 0 spiro atoms. The van der Waals surface area contributed by atoms with E-state index >= 15 is 0 Å². The molecule has 0 aliphatic heterocycles. The van der Waals surface area contributed by atoms with E-state index in [9.17, 15) is 0 Å². The minimum atomic E-state index is 0. The van der Waals surface area contributed by atoms with E-state index in [-0.39, 0.29) is 24.0 Å². The molecule has 0 aromatic carbocycles. The first-order chi connectivity index (χ1) is 9.76. The lowest BCUT2D eigenvalue weighted by Gasteiger charge is -2.21. The van der Waals surface area contributed by atoms with Gasteiger partial charge in [0.15, 0.2) is 5.96 Å². The molecular formula is C15H34IN3O2. The van der Waals surface area contributed by atoms with Crippen LogP contribution in [-0.4, -0.2) is 64.5 Å². The van der Waals surface area contributed by atoms with Gasteiger partial charge in [-0.1, -0.05) is 13.3 Å². The Morgan fingerprint density at radius 1 is 1.10 bits per heavy atom. The fourth-order valence-corrected chi connectivity index (χ4v) is 1.72. The maximum atomic E-state index is 5.43. The maximum absolute atomic E-state index is 5.43. The number of hydrogen-bond donors (Lipinski definition) is 1. The lowest BCUT2D eigenvalue weighted by Crippen LogP contribution is -2.39. The summed E-state index contributed by atoms with van der Waals surface area (Å²) in [6.07, 6.45) is 4.52. The fourth-order valence-electron chi connectivity index (χ4n) is 1.72. The molecule has 128 valence electrons. The molecule has 0 saturated heterocycles. The van der Waals surface area contributed by atoms with Crippen molar-refractivity contribution in [2.75, 3.05) is 53.6 Å². The number of methoxy groups -OCH3 is 1. The van der Waals surface area contributed by atoms with Gasteiger partial charge in [-0.25, -0.2) is 0 Å². The third-order valence-corrected chi connectivity index (χ3v) is 2.93. The number of rotatable bonds is 12. The van der Waals surface area contributed by atoms with Gasteiger partial charge in [-0.05, 0) is 26.2 Å². The lowest BCUT2D eigenvalue weighted by molar-refractivity contribution is 0.0690. The molecule has 1 N–H and O–H groups in total. The Kier molecular flexibility index (Phi) is 19.8. The largest absolute Gasteiger partial charge is 0.382 e. The van der Waals surface area contributed by atoms with Crippen LogP contribution >= 0.6 is 24.0 Å². The first kappa shape index (κ1) is 23.2. The van der Waals surface area contributed by atoms with Gasteiger partial charge in [-0.3, -0.25) is 4.99 Å². The summed E-state index contributed by atoms with van der Waals surface area (Å²) in [7, 11) is 3.79. The Labute approximate surface area is 147 Å². The SMILES string of the molecule is CCCCN(C)C(=NCCCCOCCOC)NCC.I. The van der Waals surface area contributed by atoms with Gasteiger partial charge in [-0.15, -0.1) is 24.0 Å². The second kappa shape index (κ2) is 18.0. The average molecular weight is 415 g/mol. The van der Waals surface area contributed by atoms with Crippen LogP contribution in [0.2, 0.25) is 0 Å². The van der Waals surface area contributed by atoms with Crippen molar-refractivity contribution in [3.8, 4) is 0 Å². The molecule has 0 aromatic heterocycles. The van der Waals surface area contributed by atoms with Crippen LogP contribution in [0, 0.1) is 0 Å². The minimum absolute atomic E-state index is 0. The van der Waals surface area contributed by atoms with E-state index in [4.69, 9.17) is 9.47 Å². The van der Waals surface area contributed by atoms with Crippen molar-refractivity contribution in [2.24, 2.45) is 4.99 Å². The van der Waals surface area contributed by atoms with Gasteiger partial charge < -0.3 is 19.7 Å². The van der Waals surface area contributed by atoms with E-state index in [2.05, 4.69) is 36.1 Å². The maximum Gasteiger partial charge on any atom is 0.193 e. The lowest BCUT2D eigenvalue weighted by atomic mass is 10.3. The first-order valence-electron chi connectivity index (χ1n) is 7.82. The van der Waals surface area contributed by atoms with Crippen molar-refractivity contribution in [3.05, 3.63) is 0 Å². The third kappa shape index (κ3) is 14.6. The molecule has 0 aliphatic carbocycles. The summed E-state index contributed by atoms with van der Waals surface area (Å²) < 4.78 is 10.4. The Bertz CT molecular complexity index is 241. The van der Waals surface area contributed by atoms with E-state index in [0.717, 1.165) is 45.0 Å². The van der Waals surface area contributed by atoms with E-state index in [1.807, 2.05) is 0 Å². The molecule has 0 saturated carbocycles. The van der Waals surface area contributed by atoms with E-state index in [0.29, 0.717) is 13.2 Å². The quantitative estimate of drug-likeness (QED) is 0.231. The predicted octanol–water partition coefficient (Wildman–Crippen LogP) is 2.75. The van der Waals surface area contributed by atoms with Crippen molar-refractivity contribution in [3.63, 3.8) is 0 Å². The molecule has 0 amide bonds. The molecule has 0 heterocycles. The molecular weight excluding hydrogens is 381 g/mol. The molecule has 0 fully saturated rings. The van der Waals surface area contributed by atoms with Crippen molar-refractivity contribution in [1.29, 1.82) is 0 Å². The first-order valence-corrected chi connectivity index (χ1v) is 7.82. The summed E-state index contributed by atoms with van der Waals surface area (Å²) in [4.78, 5) is 6.86. The highest BCUT2D eigenvalue weighted by Crippen LogP contribution is 1.96. The molecule has 0 aromatic rings. The van der Waals surface area contributed by atoms with Crippen molar-refractivity contribution in [1.82, 2.24) is 10.2 Å². The normalized spacial score (nSPS) is 11.1. The highest BCUT2D eigenvalue weighted by atomic mass is 127. The molecule has 0 aliphatic rings. The molecule has 0 radical (unpaired) electrons. The molecule has 6 heteroatoms. The zero-order valence-corrected chi connectivity index (χ0v) is 16.5. The Hall–Kier alpha value is -0.0800. The number of nitrogens with zero attached hydrogens (tertiary/aromatic N) is 2. The second-order valence-electron chi connectivity index (χ2n) is 4.82. The van der Waals surface area contributed by atoms with Gasteiger partial charge >= 0.3 is 0 Å². The van der Waals surface area contributed by atoms with Crippen LogP contribution in [0.1, 0.15) is 39.5 Å². The van der Waals surface area contributed by atoms with Gasteiger partial charge in [0.1, 0.15) is 0 Å². The number of unbranched alkanes of at least 4 members (excludes halogenated alkanes) is 2. The van der Waals surface area contributed by atoms with Crippen LogP contribution in [0.3, 0.4) is 0 Å². The standard InChI is InChI=1S/C15H33N3O2.HI/c1-5-7-11-18(3)15(16-6-2)17-10-8-9-12-20-14-13-19-4;/h5-14H2,1-4H3,(H,16,17);1H. The van der Waals surface area contributed by atoms with Gasteiger partial charge in [0.05, 0.1) is 13.2 Å². The monoisotopic (exact) mass is 415 g/mol. The summed E-state index contributed by atoms with van der Waals surface area (Å²) >= 11 is 0. The van der Waals surface area contributed by atoms with Crippen LogP contribution in [-0.2, 0) is 9.47 Å². The highest BCUT2D eigenvalue weighted by Gasteiger charge is 2.03. The fraction of sp³-hybridized carbons (Fsp3) is 0.933. The minimum Gasteiger partial charge on any atom is -0.382 e. The predicted molar refractivity (Wildman–Crippen MR) is 101 cm³/mol. The number of guanidine groups is 1. The summed E-state index contributed by atoms with van der Waals surface area (Å²) in [5, 5.41) is 3.34. The summed E-state index contributed by atoms with van der Waals surface area (Å²) in [5.41, 5.74) is 0. The van der Waals surface area contributed by atoms with Crippen molar-refractivity contribution < 1.29 is 9.47 Å². The van der Waals surface area contributed by atoms with E-state index < -0.39 is 0 Å². The summed E-state index contributed by atoms with van der Waals surface area (Å²) in [6, 6.07) is 0. The Morgan fingerprint density at radius 3 is 2.48 bits per heavy atom. The van der Waals surface area contributed by atoms with Crippen molar-refractivity contribution >= 4 is 29.9 Å². The second-order valence-corrected chi connectivity index (χ2v) is 4.82. The van der Waals surface area contributed by atoms with Crippen molar-refractivity contribution in [2.45, 2.75) is 39.5 Å². The van der Waals surface area contributed by atoms with Gasteiger partial charge in [0.2, 0.25) is 0 Å². The number of ether oxygens (including phenoxy) is 2. The number of nitrogens with one attached hydrogen (secondary N) is 1. The van der Waals surface area contributed by atoms with E-state index in [1.54, 1.807) is 7.11 Å². The number of aliphatic imine (C=N–C) groups is 1. The zero-order valence-electron chi connectivity index (χ0n) is 14.2. The zero-order chi connectivity index (χ0) is 15.1. The van der Waals surface area contributed by atoms with Crippen LogP contribution in [0.15, 0.2) is 4.99 Å². The van der Waals surface area contributed by atoms with Crippen LogP contribution in [0.25, 0.3) is 0 Å². The van der Waals surface area contributed by atoms with Gasteiger partial charge in [0.25, 0.3) is 0 Å². The van der Waals surface area contributed by atoms with Crippen LogP contribution in [0.5, 0.6) is 0 Å².